The van der Waals surface area contributed by atoms with Gasteiger partial charge in [-0.25, -0.2) is 0 Å². The molecule has 0 saturated heterocycles. The highest BCUT2D eigenvalue weighted by Gasteiger charge is 2.10. The molecule has 0 aliphatic rings. The van der Waals surface area contributed by atoms with Crippen molar-refractivity contribution in [3.8, 4) is 0 Å². The molecule has 0 aromatic carbocycles. The number of aryl methyl sites for hydroxylation is 1. The molecule has 2 heterocycles. The van der Waals surface area contributed by atoms with Crippen LogP contribution in [0.1, 0.15) is 17.6 Å². The van der Waals surface area contributed by atoms with E-state index in [1.165, 1.54) is 4.88 Å². The Morgan fingerprint density at radius 2 is 2.33 bits per heavy atom. The minimum Gasteiger partial charge on any atom is -0.311 e. The number of aromatic nitrogens is 3. The predicted molar refractivity (Wildman–Crippen MR) is 77.1 cm³/mol. The van der Waals surface area contributed by atoms with E-state index in [0.29, 0.717) is 5.25 Å². The van der Waals surface area contributed by atoms with E-state index in [1.54, 1.807) is 23.1 Å². The van der Waals surface area contributed by atoms with Crippen molar-refractivity contribution in [3.63, 3.8) is 0 Å². The van der Waals surface area contributed by atoms with Crippen LogP contribution in [0.5, 0.6) is 0 Å². The maximum Gasteiger partial charge on any atom is 0.191 e. The Hall–Kier alpha value is -0.850. The van der Waals surface area contributed by atoms with Crippen LogP contribution in [0.3, 0.4) is 0 Å². The fraction of sp³-hybridized carbons (Fsp3) is 0.500. The molecule has 0 saturated carbocycles. The number of nitrogens with one attached hydrogen (secondary N) is 1. The largest absolute Gasteiger partial charge is 0.311 e. The van der Waals surface area contributed by atoms with E-state index in [2.05, 4.69) is 40.0 Å². The third kappa shape index (κ3) is 3.57. The number of thiophene rings is 1. The van der Waals surface area contributed by atoms with Crippen molar-refractivity contribution < 1.29 is 0 Å². The molecule has 0 aliphatic heterocycles. The molecule has 0 aliphatic carbocycles. The van der Waals surface area contributed by atoms with Crippen LogP contribution in [0.4, 0.5) is 0 Å². The van der Waals surface area contributed by atoms with Crippen molar-refractivity contribution >= 4 is 23.1 Å². The summed E-state index contributed by atoms with van der Waals surface area (Å²) in [5, 5.41) is 15.3. The van der Waals surface area contributed by atoms with Crippen LogP contribution in [0.2, 0.25) is 0 Å². The SMILES string of the molecule is Cc1nnc(SC(C)CNCc2cccs2)n1C. The Kier molecular flexibility index (Phi) is 4.79. The van der Waals surface area contributed by atoms with E-state index in [4.69, 9.17) is 0 Å². The molecule has 18 heavy (non-hydrogen) atoms. The summed E-state index contributed by atoms with van der Waals surface area (Å²) >= 11 is 3.55. The highest BCUT2D eigenvalue weighted by molar-refractivity contribution is 7.99. The van der Waals surface area contributed by atoms with E-state index in [9.17, 15) is 0 Å². The molecular formula is C12H18N4S2. The number of thioether (sulfide) groups is 1. The lowest BCUT2D eigenvalue weighted by molar-refractivity contribution is 0.685. The van der Waals surface area contributed by atoms with Gasteiger partial charge in [0.15, 0.2) is 5.16 Å². The van der Waals surface area contributed by atoms with E-state index < -0.39 is 0 Å². The zero-order chi connectivity index (χ0) is 13.0. The topological polar surface area (TPSA) is 42.7 Å². The van der Waals surface area contributed by atoms with Gasteiger partial charge in [-0.3, -0.25) is 0 Å². The second-order valence-corrected chi connectivity index (χ2v) is 6.67. The maximum atomic E-state index is 4.16. The number of hydrogen-bond acceptors (Lipinski definition) is 5. The summed E-state index contributed by atoms with van der Waals surface area (Å²) in [7, 11) is 2.00. The normalized spacial score (nSPS) is 12.8. The third-order valence-corrected chi connectivity index (χ3v) is 4.68. The standard InChI is InChI=1S/C12H18N4S2/c1-9(7-13-8-11-5-4-6-17-11)18-12-15-14-10(2)16(12)3/h4-6,9,13H,7-8H2,1-3H3. The summed E-state index contributed by atoms with van der Waals surface area (Å²) in [4.78, 5) is 1.38. The average molecular weight is 282 g/mol. The van der Waals surface area contributed by atoms with Gasteiger partial charge in [-0.05, 0) is 18.4 Å². The van der Waals surface area contributed by atoms with Gasteiger partial charge >= 0.3 is 0 Å². The van der Waals surface area contributed by atoms with Gasteiger partial charge in [0.05, 0.1) is 0 Å². The Balaban J connectivity index is 1.75. The first-order valence-corrected chi connectivity index (χ1v) is 7.68. The van der Waals surface area contributed by atoms with Gasteiger partial charge < -0.3 is 9.88 Å². The molecule has 6 heteroatoms. The van der Waals surface area contributed by atoms with Crippen LogP contribution in [0, 0.1) is 6.92 Å². The molecule has 98 valence electrons. The first-order chi connectivity index (χ1) is 8.66. The molecule has 0 fully saturated rings. The average Bonchev–Trinajstić information content (AvgIpc) is 2.95. The Labute approximate surface area is 116 Å². The van der Waals surface area contributed by atoms with Crippen molar-refractivity contribution in [3.05, 3.63) is 28.2 Å². The van der Waals surface area contributed by atoms with Crippen molar-refractivity contribution in [1.82, 2.24) is 20.1 Å². The highest BCUT2D eigenvalue weighted by Crippen LogP contribution is 2.20. The van der Waals surface area contributed by atoms with Gasteiger partial charge in [-0.15, -0.1) is 21.5 Å². The third-order valence-electron chi connectivity index (χ3n) is 2.67. The molecular weight excluding hydrogens is 264 g/mol. The van der Waals surface area contributed by atoms with Crippen molar-refractivity contribution in [2.24, 2.45) is 7.05 Å². The van der Waals surface area contributed by atoms with Gasteiger partial charge in [0, 0.05) is 30.3 Å². The fourth-order valence-corrected chi connectivity index (χ4v) is 3.14. The van der Waals surface area contributed by atoms with Crippen LogP contribution in [0.15, 0.2) is 22.7 Å². The van der Waals surface area contributed by atoms with Crippen LogP contribution in [-0.2, 0) is 13.6 Å². The monoisotopic (exact) mass is 282 g/mol. The number of nitrogens with zero attached hydrogens (tertiary/aromatic N) is 3. The molecule has 1 atom stereocenters. The summed E-state index contributed by atoms with van der Waals surface area (Å²) in [6.07, 6.45) is 0. The molecule has 2 aromatic rings. The molecule has 0 spiro atoms. The van der Waals surface area contributed by atoms with Gasteiger partial charge in [0.2, 0.25) is 0 Å². The number of hydrogen-bond donors (Lipinski definition) is 1. The van der Waals surface area contributed by atoms with Crippen LogP contribution in [0.25, 0.3) is 0 Å². The second kappa shape index (κ2) is 6.36. The molecule has 0 radical (unpaired) electrons. The lowest BCUT2D eigenvalue weighted by Crippen LogP contribution is -2.22. The first kappa shape index (κ1) is 13.6. The van der Waals surface area contributed by atoms with Crippen molar-refractivity contribution in [2.45, 2.75) is 30.8 Å². The van der Waals surface area contributed by atoms with E-state index in [0.717, 1.165) is 24.1 Å². The second-order valence-electron chi connectivity index (χ2n) is 4.23. The highest BCUT2D eigenvalue weighted by atomic mass is 32.2. The van der Waals surface area contributed by atoms with Crippen molar-refractivity contribution in [2.75, 3.05) is 6.54 Å². The summed E-state index contributed by atoms with van der Waals surface area (Å²) in [5.41, 5.74) is 0. The fourth-order valence-electron chi connectivity index (χ4n) is 1.52. The van der Waals surface area contributed by atoms with E-state index in [-0.39, 0.29) is 0 Å². The summed E-state index contributed by atoms with van der Waals surface area (Å²) in [6, 6.07) is 4.24. The van der Waals surface area contributed by atoms with Crippen molar-refractivity contribution in [1.29, 1.82) is 0 Å². The Morgan fingerprint density at radius 3 is 2.94 bits per heavy atom. The smallest absolute Gasteiger partial charge is 0.191 e. The zero-order valence-electron chi connectivity index (χ0n) is 10.9. The molecule has 1 N–H and O–H groups in total. The summed E-state index contributed by atoms with van der Waals surface area (Å²) in [5.74, 6) is 0.955. The summed E-state index contributed by atoms with van der Waals surface area (Å²) in [6.45, 7) is 6.09. The van der Waals surface area contributed by atoms with Gasteiger partial charge in [-0.2, -0.15) is 0 Å². The van der Waals surface area contributed by atoms with Crippen LogP contribution in [-0.4, -0.2) is 26.6 Å². The maximum absolute atomic E-state index is 4.16. The molecule has 1 unspecified atom stereocenters. The van der Waals surface area contributed by atoms with Crippen LogP contribution < -0.4 is 5.32 Å². The molecule has 2 aromatic heterocycles. The molecule has 4 nitrogen and oxygen atoms in total. The summed E-state index contributed by atoms with van der Waals surface area (Å²) < 4.78 is 2.03. The first-order valence-electron chi connectivity index (χ1n) is 5.92. The lowest BCUT2D eigenvalue weighted by atomic mass is 10.4. The Bertz CT molecular complexity index is 478. The van der Waals surface area contributed by atoms with Gasteiger partial charge in [0.25, 0.3) is 0 Å². The number of rotatable bonds is 6. The minimum absolute atomic E-state index is 0.479. The Morgan fingerprint density at radius 1 is 1.50 bits per heavy atom. The minimum atomic E-state index is 0.479. The lowest BCUT2D eigenvalue weighted by Gasteiger charge is -2.11. The van der Waals surface area contributed by atoms with E-state index in [1.807, 2.05) is 18.5 Å². The van der Waals surface area contributed by atoms with Gasteiger partial charge in [0.1, 0.15) is 5.82 Å². The zero-order valence-corrected chi connectivity index (χ0v) is 12.5. The van der Waals surface area contributed by atoms with Gasteiger partial charge in [-0.1, -0.05) is 24.8 Å². The predicted octanol–water partition coefficient (Wildman–Crippen LogP) is 2.46. The van der Waals surface area contributed by atoms with E-state index >= 15 is 0 Å². The quantitative estimate of drug-likeness (QED) is 0.827. The molecule has 0 amide bonds. The molecule has 0 bridgehead atoms. The molecule has 2 rings (SSSR count). The van der Waals surface area contributed by atoms with Crippen LogP contribution >= 0.6 is 23.1 Å².